The van der Waals surface area contributed by atoms with Crippen LogP contribution in [-0.4, -0.2) is 30.3 Å². The van der Waals surface area contributed by atoms with Gasteiger partial charge in [0, 0.05) is 17.7 Å². The Morgan fingerprint density at radius 2 is 1.62 bits per heavy atom. The summed E-state index contributed by atoms with van der Waals surface area (Å²) in [4.78, 5) is 15.2. The van der Waals surface area contributed by atoms with E-state index in [1.54, 1.807) is 0 Å². The predicted molar refractivity (Wildman–Crippen MR) is 102 cm³/mol. The number of hydrogen-bond donors (Lipinski definition) is 0. The third-order valence-electron chi connectivity index (χ3n) is 4.73. The van der Waals surface area contributed by atoms with Gasteiger partial charge in [0.25, 0.3) is 0 Å². The van der Waals surface area contributed by atoms with Gasteiger partial charge < -0.3 is 4.90 Å². The lowest BCUT2D eigenvalue weighted by molar-refractivity contribution is 0.103. The number of hydrogen-bond acceptors (Lipinski definition) is 2. The maximum absolute atomic E-state index is 12.6. The first-order valence-corrected chi connectivity index (χ1v) is 8.66. The minimum atomic E-state index is 0. The zero-order chi connectivity index (χ0) is 16.1. The van der Waals surface area contributed by atoms with Gasteiger partial charge in [-0.3, -0.25) is 4.79 Å². The summed E-state index contributed by atoms with van der Waals surface area (Å²) in [6.07, 6.45) is 4.00. The van der Waals surface area contributed by atoms with E-state index in [4.69, 9.17) is 0 Å². The van der Waals surface area contributed by atoms with Gasteiger partial charge in [0.15, 0.2) is 5.78 Å². The summed E-state index contributed by atoms with van der Waals surface area (Å²) < 4.78 is 0. The Hall–Kier alpha value is -1.64. The van der Waals surface area contributed by atoms with Crippen LogP contribution in [0.4, 0.5) is 0 Å². The second-order valence-corrected chi connectivity index (χ2v) is 6.58. The molecule has 0 N–H and O–H groups in total. The SMILES string of the molecule is CC(CN1CCCCC1)c1cccc(C(=O)c2ccccc2)c1.Cl. The van der Waals surface area contributed by atoms with Gasteiger partial charge in [0.05, 0.1) is 0 Å². The molecule has 0 aliphatic carbocycles. The first kappa shape index (κ1) is 18.7. The number of carbonyl (C=O) groups is 1. The quantitative estimate of drug-likeness (QED) is 0.717. The van der Waals surface area contributed by atoms with Crippen LogP contribution in [0.3, 0.4) is 0 Å². The number of halogens is 1. The smallest absolute Gasteiger partial charge is 0.193 e. The third-order valence-corrected chi connectivity index (χ3v) is 4.73. The number of ketones is 1. The molecule has 1 heterocycles. The molecule has 24 heavy (non-hydrogen) atoms. The molecule has 1 aliphatic rings. The molecule has 3 heteroatoms. The van der Waals surface area contributed by atoms with Crippen molar-refractivity contribution >= 4 is 18.2 Å². The largest absolute Gasteiger partial charge is 0.303 e. The van der Waals surface area contributed by atoms with Crippen molar-refractivity contribution in [2.75, 3.05) is 19.6 Å². The van der Waals surface area contributed by atoms with Gasteiger partial charge in [0.1, 0.15) is 0 Å². The summed E-state index contributed by atoms with van der Waals surface area (Å²) in [5, 5.41) is 0. The molecule has 0 amide bonds. The molecule has 0 saturated carbocycles. The summed E-state index contributed by atoms with van der Waals surface area (Å²) in [6, 6.07) is 17.7. The Kier molecular flexibility index (Phi) is 7.01. The first-order chi connectivity index (χ1) is 11.2. The molecule has 2 nitrogen and oxygen atoms in total. The van der Waals surface area contributed by atoms with Crippen LogP contribution in [0.2, 0.25) is 0 Å². The molecule has 1 atom stereocenters. The summed E-state index contributed by atoms with van der Waals surface area (Å²) in [5.74, 6) is 0.564. The van der Waals surface area contributed by atoms with Crippen molar-refractivity contribution in [2.24, 2.45) is 0 Å². The highest BCUT2D eigenvalue weighted by Gasteiger charge is 2.16. The molecule has 2 aromatic carbocycles. The molecule has 2 aromatic rings. The second kappa shape index (κ2) is 9.00. The highest BCUT2D eigenvalue weighted by Crippen LogP contribution is 2.21. The highest BCUT2D eigenvalue weighted by atomic mass is 35.5. The van der Waals surface area contributed by atoms with Gasteiger partial charge in [-0.2, -0.15) is 0 Å². The fraction of sp³-hybridized carbons (Fsp3) is 0.381. The van der Waals surface area contributed by atoms with E-state index in [0.29, 0.717) is 5.92 Å². The molecule has 1 aliphatic heterocycles. The standard InChI is InChI=1S/C21H25NO.ClH/c1-17(16-22-13-6-3-7-14-22)19-11-8-12-20(15-19)21(23)18-9-4-2-5-10-18;/h2,4-5,8-12,15,17H,3,6-7,13-14,16H2,1H3;1H. The Morgan fingerprint density at radius 3 is 2.33 bits per heavy atom. The molecule has 0 spiro atoms. The van der Waals surface area contributed by atoms with E-state index in [-0.39, 0.29) is 18.2 Å². The van der Waals surface area contributed by atoms with Gasteiger partial charge in [-0.15, -0.1) is 12.4 Å². The monoisotopic (exact) mass is 343 g/mol. The number of benzene rings is 2. The third kappa shape index (κ3) is 4.68. The fourth-order valence-corrected chi connectivity index (χ4v) is 3.38. The van der Waals surface area contributed by atoms with Gasteiger partial charge in [0.2, 0.25) is 0 Å². The average Bonchev–Trinajstić information content (AvgIpc) is 2.63. The van der Waals surface area contributed by atoms with Crippen molar-refractivity contribution in [3.05, 3.63) is 71.3 Å². The Balaban J connectivity index is 0.00000208. The average molecular weight is 344 g/mol. The number of piperidine rings is 1. The van der Waals surface area contributed by atoms with Crippen LogP contribution in [0, 0.1) is 0 Å². The minimum Gasteiger partial charge on any atom is -0.303 e. The molecule has 0 radical (unpaired) electrons. The van der Waals surface area contributed by atoms with Crippen LogP contribution in [0.1, 0.15) is 53.6 Å². The lowest BCUT2D eigenvalue weighted by atomic mass is 9.95. The molecule has 0 bridgehead atoms. The van der Waals surface area contributed by atoms with E-state index in [1.807, 2.05) is 42.5 Å². The zero-order valence-corrected chi connectivity index (χ0v) is 15.1. The van der Waals surface area contributed by atoms with Crippen molar-refractivity contribution in [3.8, 4) is 0 Å². The van der Waals surface area contributed by atoms with Crippen molar-refractivity contribution in [1.82, 2.24) is 4.90 Å². The number of likely N-dealkylation sites (tertiary alicyclic amines) is 1. The molecule has 1 saturated heterocycles. The molecule has 128 valence electrons. The fourth-order valence-electron chi connectivity index (χ4n) is 3.38. The van der Waals surface area contributed by atoms with E-state index in [9.17, 15) is 4.79 Å². The maximum atomic E-state index is 12.6. The molecular formula is C21H26ClNO. The van der Waals surface area contributed by atoms with Crippen molar-refractivity contribution in [2.45, 2.75) is 32.1 Å². The Bertz CT molecular complexity index is 650. The summed E-state index contributed by atoms with van der Waals surface area (Å²) >= 11 is 0. The van der Waals surface area contributed by atoms with Gasteiger partial charge in [-0.1, -0.05) is 61.9 Å². The van der Waals surface area contributed by atoms with E-state index in [2.05, 4.69) is 24.0 Å². The van der Waals surface area contributed by atoms with Gasteiger partial charge >= 0.3 is 0 Å². The van der Waals surface area contributed by atoms with Crippen LogP contribution >= 0.6 is 12.4 Å². The van der Waals surface area contributed by atoms with Crippen LogP contribution in [0.25, 0.3) is 0 Å². The van der Waals surface area contributed by atoms with Gasteiger partial charge in [-0.25, -0.2) is 0 Å². The summed E-state index contributed by atoms with van der Waals surface area (Å²) in [7, 11) is 0. The normalized spacial score (nSPS) is 16.2. The topological polar surface area (TPSA) is 20.3 Å². The van der Waals surface area contributed by atoms with Gasteiger partial charge in [-0.05, 0) is 43.5 Å². The molecule has 1 fully saturated rings. The maximum Gasteiger partial charge on any atom is 0.193 e. The zero-order valence-electron chi connectivity index (χ0n) is 14.3. The van der Waals surface area contributed by atoms with Crippen molar-refractivity contribution in [1.29, 1.82) is 0 Å². The van der Waals surface area contributed by atoms with E-state index >= 15 is 0 Å². The van der Waals surface area contributed by atoms with Crippen LogP contribution in [0.5, 0.6) is 0 Å². The molecule has 0 aromatic heterocycles. The van der Waals surface area contributed by atoms with Crippen LogP contribution in [-0.2, 0) is 0 Å². The van der Waals surface area contributed by atoms with E-state index in [0.717, 1.165) is 17.7 Å². The molecule has 3 rings (SSSR count). The van der Waals surface area contributed by atoms with Crippen molar-refractivity contribution in [3.63, 3.8) is 0 Å². The minimum absolute atomic E-state index is 0. The lowest BCUT2D eigenvalue weighted by Crippen LogP contribution is -2.32. The van der Waals surface area contributed by atoms with Crippen LogP contribution < -0.4 is 0 Å². The molecular weight excluding hydrogens is 318 g/mol. The predicted octanol–water partition coefficient (Wildman–Crippen LogP) is 4.93. The molecule has 1 unspecified atom stereocenters. The van der Waals surface area contributed by atoms with E-state index in [1.165, 1.54) is 37.9 Å². The highest BCUT2D eigenvalue weighted by molar-refractivity contribution is 6.09. The Morgan fingerprint density at radius 1 is 0.958 bits per heavy atom. The summed E-state index contributed by atoms with van der Waals surface area (Å²) in [6.45, 7) is 5.78. The number of rotatable bonds is 5. The van der Waals surface area contributed by atoms with Crippen LogP contribution in [0.15, 0.2) is 54.6 Å². The lowest BCUT2D eigenvalue weighted by Gasteiger charge is -2.29. The Labute approximate surface area is 151 Å². The second-order valence-electron chi connectivity index (χ2n) is 6.58. The van der Waals surface area contributed by atoms with E-state index < -0.39 is 0 Å². The number of carbonyl (C=O) groups excluding carboxylic acids is 1. The summed E-state index contributed by atoms with van der Waals surface area (Å²) in [5.41, 5.74) is 2.81. The van der Waals surface area contributed by atoms with Crippen molar-refractivity contribution < 1.29 is 4.79 Å². The first-order valence-electron chi connectivity index (χ1n) is 8.66. The number of nitrogens with zero attached hydrogens (tertiary/aromatic N) is 1.